The van der Waals surface area contributed by atoms with Crippen molar-refractivity contribution < 1.29 is 42.1 Å². The third-order valence-corrected chi connectivity index (χ3v) is 10.3. The lowest BCUT2D eigenvalue weighted by Gasteiger charge is -2.24. The number of carbonyl (C=O) groups excluding carboxylic acids is 2. The van der Waals surface area contributed by atoms with Crippen molar-refractivity contribution in [1.29, 1.82) is 0 Å². The molecule has 0 rings (SSSR count). The van der Waals surface area contributed by atoms with Crippen LogP contribution >= 0.6 is 7.82 Å². The van der Waals surface area contributed by atoms with Gasteiger partial charge in [0.25, 0.3) is 0 Å². The molecule has 0 aromatic heterocycles. The molecule has 0 heterocycles. The van der Waals surface area contributed by atoms with Gasteiger partial charge in [-0.15, -0.1) is 0 Å². The first kappa shape index (κ1) is 55.5. The van der Waals surface area contributed by atoms with Crippen molar-refractivity contribution in [2.24, 2.45) is 0 Å². The third kappa shape index (κ3) is 43.0. The van der Waals surface area contributed by atoms with Crippen LogP contribution in [0.5, 0.6) is 0 Å². The number of unbranched alkanes of at least 4 members (excludes halogenated alkanes) is 17. The molecule has 0 spiro atoms. The van der Waals surface area contributed by atoms with E-state index in [4.69, 9.17) is 18.5 Å². The van der Waals surface area contributed by atoms with Crippen molar-refractivity contribution in [3.05, 3.63) is 72.9 Å². The fraction of sp³-hybridized carbons (Fsp3) is 0.708. The molecule has 2 unspecified atom stereocenters. The number of allylic oxidation sites excluding steroid dienone is 12. The van der Waals surface area contributed by atoms with Crippen molar-refractivity contribution in [1.82, 2.24) is 0 Å². The second kappa shape index (κ2) is 39.9. The van der Waals surface area contributed by atoms with Gasteiger partial charge in [-0.3, -0.25) is 18.6 Å². The minimum Gasteiger partial charge on any atom is -0.462 e. The molecule has 0 aromatic rings. The number of hydrogen-bond donors (Lipinski definition) is 1. The van der Waals surface area contributed by atoms with E-state index in [1.807, 2.05) is 57.6 Å². The maximum Gasteiger partial charge on any atom is 0.472 e. The highest BCUT2D eigenvalue weighted by Crippen LogP contribution is 2.43. The van der Waals surface area contributed by atoms with E-state index in [1.165, 1.54) is 77.0 Å². The van der Waals surface area contributed by atoms with Crippen molar-refractivity contribution in [2.75, 3.05) is 47.5 Å². The number of likely N-dealkylation sites (N-methyl/N-ethyl adjacent to an activating group) is 1. The molecule has 334 valence electrons. The zero-order chi connectivity index (χ0) is 42.8. The zero-order valence-electron chi connectivity index (χ0n) is 37.5. The van der Waals surface area contributed by atoms with E-state index >= 15 is 0 Å². The van der Waals surface area contributed by atoms with Gasteiger partial charge in [-0.25, -0.2) is 4.57 Å². The Hall–Kier alpha value is -2.55. The van der Waals surface area contributed by atoms with Crippen LogP contribution in [0.25, 0.3) is 0 Å². The largest absolute Gasteiger partial charge is 0.472 e. The predicted molar refractivity (Wildman–Crippen MR) is 242 cm³/mol. The quantitative estimate of drug-likeness (QED) is 0.0162. The molecule has 0 aliphatic rings. The Kier molecular flexibility index (Phi) is 38.1. The second-order valence-electron chi connectivity index (χ2n) is 16.1. The number of carbonyl (C=O) groups is 2. The van der Waals surface area contributed by atoms with Crippen LogP contribution in [-0.2, 0) is 32.7 Å². The van der Waals surface area contributed by atoms with Crippen molar-refractivity contribution >= 4 is 19.8 Å². The first-order valence-electron chi connectivity index (χ1n) is 22.7. The summed E-state index contributed by atoms with van der Waals surface area (Å²) in [4.78, 5) is 35.4. The summed E-state index contributed by atoms with van der Waals surface area (Å²) in [5.74, 6) is -0.849. The van der Waals surface area contributed by atoms with Gasteiger partial charge in [-0.05, 0) is 57.8 Å². The van der Waals surface area contributed by atoms with Crippen LogP contribution in [-0.4, -0.2) is 74.9 Å². The van der Waals surface area contributed by atoms with Gasteiger partial charge < -0.3 is 18.9 Å². The van der Waals surface area contributed by atoms with E-state index in [2.05, 4.69) is 50.3 Å². The molecular weight excluding hydrogens is 750 g/mol. The lowest BCUT2D eigenvalue weighted by atomic mass is 10.0. The Balaban J connectivity index is 4.30. The summed E-state index contributed by atoms with van der Waals surface area (Å²) in [6.45, 7) is 4.12. The Morgan fingerprint density at radius 1 is 0.552 bits per heavy atom. The minimum atomic E-state index is -4.39. The average Bonchev–Trinajstić information content (AvgIpc) is 3.17. The van der Waals surface area contributed by atoms with Crippen LogP contribution in [0.3, 0.4) is 0 Å². The molecule has 10 heteroatoms. The fourth-order valence-corrected chi connectivity index (χ4v) is 6.57. The Labute approximate surface area is 355 Å². The SMILES string of the molecule is CC/C=C/C=C/C=C/C=C/CCCCCC(=O)OC(COC(=O)CCCCCCCCCCCCCCCC/C=C/C/C=C/CC)COP(=O)(O)OCC[N+](C)(C)C. The number of ether oxygens (including phenoxy) is 2. The summed E-state index contributed by atoms with van der Waals surface area (Å²) < 4.78 is 34.3. The number of hydrogen-bond acceptors (Lipinski definition) is 7. The van der Waals surface area contributed by atoms with Gasteiger partial charge in [0.15, 0.2) is 6.10 Å². The first-order chi connectivity index (χ1) is 28.0. The number of nitrogens with zero attached hydrogens (tertiary/aromatic N) is 1. The number of phosphoric ester groups is 1. The van der Waals surface area contributed by atoms with Crippen LogP contribution in [0.4, 0.5) is 0 Å². The first-order valence-corrected chi connectivity index (χ1v) is 24.2. The third-order valence-electron chi connectivity index (χ3n) is 9.33. The number of rotatable bonds is 40. The van der Waals surface area contributed by atoms with E-state index in [1.54, 1.807) is 0 Å². The minimum absolute atomic E-state index is 0.0206. The molecule has 9 nitrogen and oxygen atoms in total. The summed E-state index contributed by atoms with van der Waals surface area (Å²) in [5.41, 5.74) is 0. The fourth-order valence-electron chi connectivity index (χ4n) is 5.83. The molecule has 0 fully saturated rings. The van der Waals surface area contributed by atoms with E-state index in [9.17, 15) is 19.0 Å². The molecule has 0 radical (unpaired) electrons. The molecule has 58 heavy (non-hydrogen) atoms. The van der Waals surface area contributed by atoms with Crippen molar-refractivity contribution in [3.8, 4) is 0 Å². The van der Waals surface area contributed by atoms with Crippen LogP contribution in [0.1, 0.15) is 168 Å². The van der Waals surface area contributed by atoms with Crippen LogP contribution in [0, 0.1) is 0 Å². The highest BCUT2D eigenvalue weighted by Gasteiger charge is 2.27. The Morgan fingerprint density at radius 2 is 1.02 bits per heavy atom. The van der Waals surface area contributed by atoms with E-state index in [0.29, 0.717) is 17.4 Å². The molecule has 0 saturated heterocycles. The maximum absolute atomic E-state index is 12.7. The number of quaternary nitrogens is 1. The van der Waals surface area contributed by atoms with Crippen LogP contribution < -0.4 is 0 Å². The molecular formula is C48H85NO8P+. The predicted octanol–water partition coefficient (Wildman–Crippen LogP) is 13.0. The lowest BCUT2D eigenvalue weighted by molar-refractivity contribution is -0.870. The van der Waals surface area contributed by atoms with Gasteiger partial charge in [-0.1, -0.05) is 170 Å². The molecule has 2 atom stereocenters. The molecule has 0 aliphatic heterocycles. The number of esters is 2. The normalized spacial score (nSPS) is 14.2. The van der Waals surface area contributed by atoms with Gasteiger partial charge in [0.1, 0.15) is 19.8 Å². The molecule has 0 aliphatic carbocycles. The number of phosphoric acid groups is 1. The highest BCUT2D eigenvalue weighted by atomic mass is 31.2. The topological polar surface area (TPSA) is 108 Å². The van der Waals surface area contributed by atoms with Crippen LogP contribution in [0.15, 0.2) is 72.9 Å². The van der Waals surface area contributed by atoms with Crippen molar-refractivity contribution in [3.63, 3.8) is 0 Å². The summed E-state index contributed by atoms with van der Waals surface area (Å²) >= 11 is 0. The summed E-state index contributed by atoms with van der Waals surface area (Å²) in [6.07, 6.45) is 49.6. The Morgan fingerprint density at radius 3 is 1.59 bits per heavy atom. The van der Waals surface area contributed by atoms with Gasteiger partial charge in [0, 0.05) is 12.8 Å². The van der Waals surface area contributed by atoms with E-state index < -0.39 is 26.5 Å². The summed E-state index contributed by atoms with van der Waals surface area (Å²) in [7, 11) is 1.44. The molecule has 0 saturated carbocycles. The lowest BCUT2D eigenvalue weighted by Crippen LogP contribution is -2.37. The van der Waals surface area contributed by atoms with E-state index in [-0.39, 0.29) is 32.0 Å². The molecule has 0 bridgehead atoms. The second-order valence-corrected chi connectivity index (χ2v) is 17.6. The van der Waals surface area contributed by atoms with Gasteiger partial charge in [0.2, 0.25) is 0 Å². The maximum atomic E-state index is 12.7. The highest BCUT2D eigenvalue weighted by molar-refractivity contribution is 7.47. The average molecular weight is 835 g/mol. The monoisotopic (exact) mass is 835 g/mol. The van der Waals surface area contributed by atoms with Gasteiger partial charge in [-0.2, -0.15) is 0 Å². The standard InChI is InChI=1S/C48H84NO8P/c1-6-8-10-12-14-16-18-20-21-22-23-24-25-26-27-29-30-32-34-36-38-40-47(50)54-44-46(45-56-58(52,53)55-43-42-49(3,4)5)57-48(51)41-39-37-35-33-31-28-19-17-15-13-11-9-7-2/h8-11,13-17,19,28,31,46H,6-7,12,18,20-27,29-30,32-45H2,1-5H3/p+1/b10-8+,11-9+,15-13+,16-14+,19-17+,31-28+. The Bertz CT molecular complexity index is 1220. The van der Waals surface area contributed by atoms with Gasteiger partial charge in [0.05, 0.1) is 27.7 Å². The zero-order valence-corrected chi connectivity index (χ0v) is 38.4. The summed E-state index contributed by atoms with van der Waals surface area (Å²) in [6, 6.07) is 0. The van der Waals surface area contributed by atoms with E-state index in [0.717, 1.165) is 57.8 Å². The van der Waals surface area contributed by atoms with Crippen molar-refractivity contribution in [2.45, 2.75) is 174 Å². The molecule has 0 aromatic carbocycles. The molecule has 1 N–H and O–H groups in total. The molecule has 0 amide bonds. The summed E-state index contributed by atoms with van der Waals surface area (Å²) in [5, 5.41) is 0. The van der Waals surface area contributed by atoms with Crippen LogP contribution in [0.2, 0.25) is 0 Å². The van der Waals surface area contributed by atoms with Gasteiger partial charge >= 0.3 is 19.8 Å². The smallest absolute Gasteiger partial charge is 0.462 e.